The minimum Gasteiger partial charge on any atom is -0.493 e. The van der Waals surface area contributed by atoms with Gasteiger partial charge >= 0.3 is 5.97 Å². The lowest BCUT2D eigenvalue weighted by atomic mass is 10.2. The molecule has 0 saturated heterocycles. The Kier molecular flexibility index (Phi) is 5.92. The summed E-state index contributed by atoms with van der Waals surface area (Å²) >= 11 is 0. The number of carboxylic acid groups (broad SMARTS) is 1. The van der Waals surface area contributed by atoms with E-state index in [0.29, 0.717) is 25.4 Å². The third kappa shape index (κ3) is 5.14. The minimum atomic E-state index is -0.828. The molecule has 0 fully saturated rings. The van der Waals surface area contributed by atoms with Crippen LogP contribution >= 0.6 is 0 Å². The minimum absolute atomic E-state index is 0.0849. The third-order valence-corrected chi connectivity index (χ3v) is 3.80. The number of hydrogen-bond acceptors (Lipinski definition) is 5. The summed E-state index contributed by atoms with van der Waals surface area (Å²) in [5.74, 6) is 0.417. The van der Waals surface area contributed by atoms with Crippen LogP contribution < -0.4 is 4.74 Å². The summed E-state index contributed by atoms with van der Waals surface area (Å²) in [5, 5.41) is 21.0. The number of carboxylic acids is 1. The first-order chi connectivity index (χ1) is 12.7. The van der Waals surface area contributed by atoms with Gasteiger partial charge in [-0.1, -0.05) is 42.5 Å². The molecule has 0 bridgehead atoms. The maximum absolute atomic E-state index is 10.6. The number of benzene rings is 2. The lowest BCUT2D eigenvalue weighted by Gasteiger charge is -2.07. The second-order valence-corrected chi connectivity index (χ2v) is 5.82. The number of carbonyl (C=O) groups is 1. The molecule has 0 aliphatic rings. The van der Waals surface area contributed by atoms with Crippen molar-refractivity contribution in [1.82, 2.24) is 20.2 Å². The van der Waals surface area contributed by atoms with E-state index < -0.39 is 5.97 Å². The molecule has 7 nitrogen and oxygen atoms in total. The molecule has 0 unspecified atom stereocenters. The molecular formula is C19H20N4O3. The van der Waals surface area contributed by atoms with E-state index in [1.54, 1.807) is 0 Å². The molecule has 1 N–H and O–H groups in total. The summed E-state index contributed by atoms with van der Waals surface area (Å²) in [6, 6.07) is 17.7. The standard InChI is InChI=1S/C19H20N4O3/c24-18(25)10-5-12-23-21-19(20-22-23)16-8-4-9-17(14-16)26-13-11-15-6-2-1-3-7-15/h1-4,6-9,14H,5,10-13H2,(H,24,25). The summed E-state index contributed by atoms with van der Waals surface area (Å²) < 4.78 is 5.82. The van der Waals surface area contributed by atoms with Crippen molar-refractivity contribution in [3.05, 3.63) is 60.2 Å². The topological polar surface area (TPSA) is 90.1 Å². The fraction of sp³-hybridized carbons (Fsp3) is 0.263. The van der Waals surface area contributed by atoms with Crippen LogP contribution in [0.2, 0.25) is 0 Å². The van der Waals surface area contributed by atoms with Crippen LogP contribution in [0.15, 0.2) is 54.6 Å². The van der Waals surface area contributed by atoms with Gasteiger partial charge in [0.05, 0.1) is 13.2 Å². The number of aromatic nitrogens is 4. The number of aliphatic carboxylic acids is 1. The Labute approximate surface area is 151 Å². The molecule has 0 aliphatic heterocycles. The highest BCUT2D eigenvalue weighted by molar-refractivity contribution is 5.66. The van der Waals surface area contributed by atoms with E-state index in [2.05, 4.69) is 27.5 Å². The predicted molar refractivity (Wildman–Crippen MR) is 95.8 cm³/mol. The fourth-order valence-electron chi connectivity index (χ4n) is 2.48. The average Bonchev–Trinajstić information content (AvgIpc) is 3.12. The van der Waals surface area contributed by atoms with Gasteiger partial charge in [0.25, 0.3) is 0 Å². The fourth-order valence-corrected chi connectivity index (χ4v) is 2.48. The maximum atomic E-state index is 10.6. The smallest absolute Gasteiger partial charge is 0.303 e. The summed E-state index contributed by atoms with van der Waals surface area (Å²) in [4.78, 5) is 12.0. The molecular weight excluding hydrogens is 332 g/mol. The summed E-state index contributed by atoms with van der Waals surface area (Å²) in [6.45, 7) is 1.01. The van der Waals surface area contributed by atoms with E-state index in [1.807, 2.05) is 42.5 Å². The van der Waals surface area contributed by atoms with Crippen LogP contribution in [0, 0.1) is 0 Å². The largest absolute Gasteiger partial charge is 0.493 e. The molecule has 0 radical (unpaired) electrons. The molecule has 1 aromatic heterocycles. The highest BCUT2D eigenvalue weighted by atomic mass is 16.5. The van der Waals surface area contributed by atoms with Crippen molar-refractivity contribution in [2.24, 2.45) is 0 Å². The van der Waals surface area contributed by atoms with E-state index in [-0.39, 0.29) is 6.42 Å². The molecule has 2 aromatic carbocycles. The van der Waals surface area contributed by atoms with Gasteiger partial charge in [0, 0.05) is 18.4 Å². The van der Waals surface area contributed by atoms with E-state index in [1.165, 1.54) is 10.4 Å². The van der Waals surface area contributed by atoms with Crippen molar-refractivity contribution < 1.29 is 14.6 Å². The Morgan fingerprint density at radius 2 is 1.96 bits per heavy atom. The Morgan fingerprint density at radius 1 is 1.12 bits per heavy atom. The molecule has 0 aliphatic carbocycles. The first kappa shape index (κ1) is 17.6. The number of nitrogens with zero attached hydrogens (tertiary/aromatic N) is 4. The first-order valence-corrected chi connectivity index (χ1v) is 8.47. The van der Waals surface area contributed by atoms with E-state index in [9.17, 15) is 4.79 Å². The zero-order chi connectivity index (χ0) is 18.2. The second-order valence-electron chi connectivity index (χ2n) is 5.82. The van der Waals surface area contributed by atoms with Crippen LogP contribution in [-0.4, -0.2) is 37.9 Å². The third-order valence-electron chi connectivity index (χ3n) is 3.80. The Morgan fingerprint density at radius 3 is 2.77 bits per heavy atom. The summed E-state index contributed by atoms with van der Waals surface area (Å²) in [5.41, 5.74) is 2.04. The zero-order valence-electron chi connectivity index (χ0n) is 14.3. The predicted octanol–water partition coefficient (Wildman–Crippen LogP) is 2.83. The molecule has 1 heterocycles. The van der Waals surface area contributed by atoms with Gasteiger partial charge in [-0.25, -0.2) is 0 Å². The molecule has 134 valence electrons. The van der Waals surface area contributed by atoms with Crippen LogP contribution in [0.5, 0.6) is 5.75 Å². The SMILES string of the molecule is O=C(O)CCCn1nnc(-c2cccc(OCCc3ccccc3)c2)n1. The van der Waals surface area contributed by atoms with Gasteiger partial charge < -0.3 is 9.84 Å². The van der Waals surface area contributed by atoms with Crippen molar-refractivity contribution in [3.63, 3.8) is 0 Å². The molecule has 3 aromatic rings. The van der Waals surface area contributed by atoms with Gasteiger partial charge in [-0.05, 0) is 29.3 Å². The first-order valence-electron chi connectivity index (χ1n) is 8.47. The normalized spacial score (nSPS) is 10.6. The zero-order valence-corrected chi connectivity index (χ0v) is 14.3. The van der Waals surface area contributed by atoms with Gasteiger partial charge in [-0.15, -0.1) is 10.2 Å². The van der Waals surface area contributed by atoms with Gasteiger partial charge in [0.1, 0.15) is 5.75 Å². The molecule has 0 atom stereocenters. The van der Waals surface area contributed by atoms with Crippen molar-refractivity contribution >= 4 is 5.97 Å². The Hall–Kier alpha value is -3.22. The van der Waals surface area contributed by atoms with Gasteiger partial charge in [0.2, 0.25) is 5.82 Å². The van der Waals surface area contributed by atoms with E-state index in [0.717, 1.165) is 17.7 Å². The Bertz CT molecular complexity index is 849. The van der Waals surface area contributed by atoms with E-state index in [4.69, 9.17) is 9.84 Å². The number of tetrazole rings is 1. The summed E-state index contributed by atoms with van der Waals surface area (Å²) in [6.07, 6.45) is 1.39. The number of ether oxygens (including phenoxy) is 1. The molecule has 7 heteroatoms. The number of aryl methyl sites for hydroxylation is 1. The van der Waals surface area contributed by atoms with Crippen molar-refractivity contribution in [2.45, 2.75) is 25.8 Å². The van der Waals surface area contributed by atoms with Crippen LogP contribution in [0.25, 0.3) is 11.4 Å². The van der Waals surface area contributed by atoms with Gasteiger partial charge in [0.15, 0.2) is 0 Å². The number of rotatable bonds is 9. The average molecular weight is 352 g/mol. The lowest BCUT2D eigenvalue weighted by molar-refractivity contribution is -0.137. The molecule has 0 saturated carbocycles. The van der Waals surface area contributed by atoms with Gasteiger partial charge in [-0.3, -0.25) is 4.79 Å². The van der Waals surface area contributed by atoms with E-state index >= 15 is 0 Å². The van der Waals surface area contributed by atoms with Crippen molar-refractivity contribution in [2.75, 3.05) is 6.61 Å². The lowest BCUT2D eigenvalue weighted by Crippen LogP contribution is -2.05. The van der Waals surface area contributed by atoms with Crippen LogP contribution in [0.3, 0.4) is 0 Å². The Balaban J connectivity index is 1.57. The quantitative estimate of drug-likeness (QED) is 0.637. The highest BCUT2D eigenvalue weighted by Crippen LogP contribution is 2.20. The monoisotopic (exact) mass is 352 g/mol. The van der Waals surface area contributed by atoms with Crippen LogP contribution in [0.1, 0.15) is 18.4 Å². The van der Waals surface area contributed by atoms with Crippen LogP contribution in [-0.2, 0) is 17.8 Å². The molecule has 26 heavy (non-hydrogen) atoms. The molecule has 0 amide bonds. The highest BCUT2D eigenvalue weighted by Gasteiger charge is 2.08. The van der Waals surface area contributed by atoms with Crippen molar-refractivity contribution in [3.8, 4) is 17.1 Å². The van der Waals surface area contributed by atoms with Gasteiger partial charge in [-0.2, -0.15) is 4.80 Å². The molecule has 0 spiro atoms. The maximum Gasteiger partial charge on any atom is 0.303 e. The molecule has 3 rings (SSSR count). The summed E-state index contributed by atoms with van der Waals surface area (Å²) in [7, 11) is 0. The number of hydrogen-bond donors (Lipinski definition) is 1. The second kappa shape index (κ2) is 8.75. The van der Waals surface area contributed by atoms with Crippen molar-refractivity contribution in [1.29, 1.82) is 0 Å². The van der Waals surface area contributed by atoms with Crippen LogP contribution in [0.4, 0.5) is 0 Å².